The van der Waals surface area contributed by atoms with Gasteiger partial charge in [-0.25, -0.2) is 14.2 Å². The summed E-state index contributed by atoms with van der Waals surface area (Å²) in [5.41, 5.74) is -1.56. The van der Waals surface area contributed by atoms with E-state index < -0.39 is 42.0 Å². The highest BCUT2D eigenvalue weighted by Gasteiger charge is 2.40. The number of aromatic nitrogens is 2. The van der Waals surface area contributed by atoms with E-state index in [9.17, 15) is 23.9 Å². The van der Waals surface area contributed by atoms with Crippen molar-refractivity contribution in [1.29, 1.82) is 0 Å². The van der Waals surface area contributed by atoms with E-state index in [-0.39, 0.29) is 5.82 Å². The number of rotatable bonds is 10. The third-order valence-electron chi connectivity index (χ3n) is 6.36. The van der Waals surface area contributed by atoms with Crippen LogP contribution in [0.25, 0.3) is 0 Å². The first-order chi connectivity index (χ1) is 17.8. The molecule has 0 radical (unpaired) electrons. The van der Waals surface area contributed by atoms with E-state index in [4.69, 9.17) is 20.4 Å². The number of hydrogen-bond acceptors (Lipinski definition) is 8. The Hall–Kier alpha value is -3.00. The van der Waals surface area contributed by atoms with Gasteiger partial charge in [0.05, 0.1) is 30.3 Å². The molecule has 1 unspecified atom stereocenters. The summed E-state index contributed by atoms with van der Waals surface area (Å²) < 4.78 is 15.4. The van der Waals surface area contributed by atoms with Crippen LogP contribution < -0.4 is 0 Å². The van der Waals surface area contributed by atoms with Crippen molar-refractivity contribution in [2.45, 2.75) is 68.5 Å². The van der Waals surface area contributed by atoms with Gasteiger partial charge < -0.3 is 30.1 Å². The van der Waals surface area contributed by atoms with Gasteiger partial charge in [-0.3, -0.25) is 14.5 Å². The van der Waals surface area contributed by atoms with Crippen LogP contribution >= 0.6 is 11.8 Å². The molecule has 1 aromatic carbocycles. The Balaban J connectivity index is 0.000000332. The molecular weight excluding hydrogens is 521 g/mol. The molecule has 1 fully saturated rings. The average molecular weight is 556 g/mol. The Morgan fingerprint density at radius 3 is 2.18 bits per heavy atom. The molecular formula is C25H34FN3O8S. The Labute approximate surface area is 223 Å². The van der Waals surface area contributed by atoms with Gasteiger partial charge in [-0.2, -0.15) is 0 Å². The van der Waals surface area contributed by atoms with Gasteiger partial charge in [-0.1, -0.05) is 23.9 Å². The molecule has 1 aliphatic rings. The van der Waals surface area contributed by atoms with Crippen molar-refractivity contribution in [2.75, 3.05) is 19.3 Å². The first kappa shape index (κ1) is 31.2. The molecule has 5 N–H and O–H groups in total. The van der Waals surface area contributed by atoms with Crippen LogP contribution in [0.1, 0.15) is 50.3 Å². The van der Waals surface area contributed by atoms with Crippen molar-refractivity contribution >= 4 is 29.7 Å². The number of aliphatic carboxylic acids is 3. The van der Waals surface area contributed by atoms with E-state index in [1.165, 1.54) is 17.8 Å². The minimum absolute atomic E-state index is 0.264. The van der Waals surface area contributed by atoms with Gasteiger partial charge in [0, 0.05) is 19.6 Å². The van der Waals surface area contributed by atoms with Crippen LogP contribution in [0.2, 0.25) is 0 Å². The number of carbonyl (C=O) groups is 3. The van der Waals surface area contributed by atoms with Crippen LogP contribution in [0.15, 0.2) is 35.6 Å². The summed E-state index contributed by atoms with van der Waals surface area (Å²) in [5.74, 6) is -5.28. The number of carboxylic acid groups (broad SMARTS) is 3. The SMILES string of the molecule is CCn1c(CN2CCCC(O)(c3ccc(F)cc3)CC2)cnc1SC.O=C(O)CC(O)(CC(=O)O)C(=O)O. The Kier molecular flexibility index (Phi) is 11.2. The molecule has 1 saturated heterocycles. The smallest absolute Gasteiger partial charge is 0.336 e. The van der Waals surface area contributed by atoms with E-state index in [1.807, 2.05) is 12.5 Å². The van der Waals surface area contributed by atoms with E-state index in [0.29, 0.717) is 12.8 Å². The highest BCUT2D eigenvalue weighted by molar-refractivity contribution is 7.98. The predicted molar refractivity (Wildman–Crippen MR) is 136 cm³/mol. The van der Waals surface area contributed by atoms with Crippen LogP contribution in [-0.2, 0) is 33.1 Å². The number of benzene rings is 1. The Bertz CT molecular complexity index is 1090. The number of halogens is 1. The third-order valence-corrected chi connectivity index (χ3v) is 7.05. The van der Waals surface area contributed by atoms with Gasteiger partial charge in [0.2, 0.25) is 0 Å². The number of carboxylic acids is 3. The predicted octanol–water partition coefficient (Wildman–Crippen LogP) is 2.39. The summed E-state index contributed by atoms with van der Waals surface area (Å²) in [6.07, 6.45) is 4.01. The normalized spacial score (nSPS) is 18.2. The maximum atomic E-state index is 13.2. The first-order valence-corrected chi connectivity index (χ1v) is 13.2. The highest BCUT2D eigenvalue weighted by Crippen LogP contribution is 2.33. The first-order valence-electron chi connectivity index (χ1n) is 12.0. The van der Waals surface area contributed by atoms with E-state index in [2.05, 4.69) is 21.4 Å². The molecule has 0 saturated carbocycles. The fourth-order valence-corrected chi connectivity index (χ4v) is 4.97. The molecule has 1 atom stereocenters. The molecule has 13 heteroatoms. The Morgan fingerprint density at radius 2 is 1.68 bits per heavy atom. The van der Waals surface area contributed by atoms with Crippen molar-refractivity contribution in [3.63, 3.8) is 0 Å². The van der Waals surface area contributed by atoms with Crippen molar-refractivity contribution in [3.05, 3.63) is 47.5 Å². The van der Waals surface area contributed by atoms with Crippen LogP contribution in [0, 0.1) is 5.82 Å². The minimum Gasteiger partial charge on any atom is -0.481 e. The second-order valence-electron chi connectivity index (χ2n) is 9.13. The van der Waals surface area contributed by atoms with E-state index in [0.717, 1.165) is 43.3 Å². The topological polar surface area (TPSA) is 173 Å². The monoisotopic (exact) mass is 555 g/mol. The molecule has 11 nitrogen and oxygen atoms in total. The lowest BCUT2D eigenvalue weighted by atomic mass is 9.87. The summed E-state index contributed by atoms with van der Waals surface area (Å²) in [4.78, 5) is 37.4. The number of hydrogen-bond donors (Lipinski definition) is 5. The van der Waals surface area contributed by atoms with Crippen molar-refractivity contribution < 1.29 is 44.3 Å². The van der Waals surface area contributed by atoms with Gasteiger partial charge in [0.1, 0.15) is 5.82 Å². The van der Waals surface area contributed by atoms with Crippen molar-refractivity contribution in [2.24, 2.45) is 0 Å². The molecule has 2 heterocycles. The number of nitrogens with zero attached hydrogens (tertiary/aromatic N) is 3. The average Bonchev–Trinajstić information content (AvgIpc) is 3.13. The maximum Gasteiger partial charge on any atom is 0.336 e. The van der Waals surface area contributed by atoms with Crippen LogP contribution in [0.5, 0.6) is 0 Å². The van der Waals surface area contributed by atoms with Gasteiger partial charge in [0.15, 0.2) is 10.8 Å². The number of imidazole rings is 1. The zero-order chi connectivity index (χ0) is 28.5. The molecule has 1 aliphatic heterocycles. The maximum absolute atomic E-state index is 13.2. The number of thioether (sulfide) groups is 1. The second-order valence-corrected chi connectivity index (χ2v) is 9.90. The Morgan fingerprint density at radius 1 is 1.08 bits per heavy atom. The van der Waals surface area contributed by atoms with E-state index >= 15 is 0 Å². The zero-order valence-electron chi connectivity index (χ0n) is 21.3. The molecule has 0 spiro atoms. The van der Waals surface area contributed by atoms with Crippen molar-refractivity contribution in [3.8, 4) is 0 Å². The molecule has 2 aromatic rings. The number of aliphatic hydroxyl groups is 2. The molecule has 0 aliphatic carbocycles. The van der Waals surface area contributed by atoms with Crippen LogP contribution in [-0.4, -0.2) is 82.8 Å². The quantitative estimate of drug-likeness (QED) is 0.272. The molecule has 1 aromatic heterocycles. The van der Waals surface area contributed by atoms with Crippen molar-refractivity contribution in [1.82, 2.24) is 14.5 Å². The van der Waals surface area contributed by atoms with Gasteiger partial charge in [0.25, 0.3) is 0 Å². The highest BCUT2D eigenvalue weighted by atomic mass is 32.2. The summed E-state index contributed by atoms with van der Waals surface area (Å²) in [6, 6.07) is 6.28. The molecule has 0 amide bonds. The molecule has 38 heavy (non-hydrogen) atoms. The fourth-order valence-electron chi connectivity index (χ4n) is 4.34. The lowest BCUT2D eigenvalue weighted by molar-refractivity contribution is -0.170. The summed E-state index contributed by atoms with van der Waals surface area (Å²) >= 11 is 1.67. The van der Waals surface area contributed by atoms with E-state index in [1.54, 1.807) is 23.9 Å². The zero-order valence-corrected chi connectivity index (χ0v) is 22.2. The summed E-state index contributed by atoms with van der Waals surface area (Å²) in [6.45, 7) is 5.67. The molecule has 210 valence electrons. The van der Waals surface area contributed by atoms with Crippen LogP contribution in [0.4, 0.5) is 4.39 Å². The van der Waals surface area contributed by atoms with Gasteiger partial charge in [-0.15, -0.1) is 0 Å². The fraction of sp³-hybridized carbons (Fsp3) is 0.520. The number of likely N-dealkylation sites (tertiary alicyclic amines) is 1. The summed E-state index contributed by atoms with van der Waals surface area (Å²) in [7, 11) is 0. The standard InChI is InChI=1S/C19H26FN3OS.C6H8O7/c1-3-23-17(13-21-18(23)25-2)14-22-11-4-9-19(24,10-12-22)15-5-7-16(20)8-6-15;7-3(8)1-6(13,5(11)12)2-4(9)10/h5-8,13,24H,3-4,9-12,14H2,1-2H3;13H,1-2H2,(H,7,8)(H,9,10)(H,11,12). The van der Waals surface area contributed by atoms with Crippen LogP contribution in [0.3, 0.4) is 0 Å². The third kappa shape index (κ3) is 8.51. The summed E-state index contributed by atoms with van der Waals surface area (Å²) in [5, 5.41) is 45.9. The largest absolute Gasteiger partial charge is 0.481 e. The second kappa shape index (κ2) is 13.7. The lowest BCUT2D eigenvalue weighted by Gasteiger charge is -2.27. The molecule has 0 bridgehead atoms. The van der Waals surface area contributed by atoms with Gasteiger partial charge in [-0.05, 0) is 56.7 Å². The minimum atomic E-state index is -2.74. The lowest BCUT2D eigenvalue weighted by Crippen LogP contribution is -2.42. The molecule has 3 rings (SSSR count). The van der Waals surface area contributed by atoms with Gasteiger partial charge >= 0.3 is 17.9 Å².